The van der Waals surface area contributed by atoms with Crippen LogP contribution in [0.3, 0.4) is 0 Å². The summed E-state index contributed by atoms with van der Waals surface area (Å²) in [5.74, 6) is 0.823. The van der Waals surface area contributed by atoms with Gasteiger partial charge in [0.15, 0.2) is 0 Å². The number of benzene rings is 1. The van der Waals surface area contributed by atoms with Crippen molar-refractivity contribution in [2.75, 3.05) is 37.6 Å². The van der Waals surface area contributed by atoms with Gasteiger partial charge in [-0.25, -0.2) is 0 Å². The molecule has 0 bridgehead atoms. The molecule has 0 radical (unpaired) electrons. The molecule has 3 nitrogen and oxygen atoms in total. The summed E-state index contributed by atoms with van der Waals surface area (Å²) >= 11 is 0. The molecular weight excluding hydrogens is 282 g/mol. The molecule has 2 saturated heterocycles. The number of piperazine rings is 1. The van der Waals surface area contributed by atoms with E-state index in [-0.39, 0.29) is 0 Å². The fraction of sp³-hybridized carbons (Fsp3) is 0.700. The first-order valence-electron chi connectivity index (χ1n) is 9.37. The van der Waals surface area contributed by atoms with Crippen molar-refractivity contribution in [3.8, 4) is 0 Å². The molecule has 2 heterocycles. The van der Waals surface area contributed by atoms with E-state index in [4.69, 9.17) is 0 Å². The van der Waals surface area contributed by atoms with Crippen LogP contribution in [-0.2, 0) is 0 Å². The molecule has 128 valence electrons. The predicted molar refractivity (Wildman–Crippen MR) is 99.2 cm³/mol. The molecule has 1 aromatic carbocycles. The van der Waals surface area contributed by atoms with Gasteiger partial charge in [0.25, 0.3) is 0 Å². The van der Waals surface area contributed by atoms with Crippen molar-refractivity contribution in [1.29, 1.82) is 0 Å². The van der Waals surface area contributed by atoms with Crippen LogP contribution in [0.4, 0.5) is 5.69 Å². The monoisotopic (exact) mass is 315 g/mol. The van der Waals surface area contributed by atoms with Gasteiger partial charge in [-0.2, -0.15) is 0 Å². The fourth-order valence-corrected chi connectivity index (χ4v) is 4.01. The normalized spacial score (nSPS) is 26.7. The minimum Gasteiger partial charge on any atom is -0.369 e. The van der Waals surface area contributed by atoms with E-state index in [1.54, 1.807) is 0 Å². The fourth-order valence-electron chi connectivity index (χ4n) is 4.01. The highest BCUT2D eigenvalue weighted by atomic mass is 15.3. The van der Waals surface area contributed by atoms with Gasteiger partial charge in [-0.05, 0) is 63.3 Å². The summed E-state index contributed by atoms with van der Waals surface area (Å²) in [5, 5.41) is 3.71. The first-order chi connectivity index (χ1) is 11.0. The van der Waals surface area contributed by atoms with Gasteiger partial charge in [0.2, 0.25) is 0 Å². The van der Waals surface area contributed by atoms with Crippen molar-refractivity contribution in [3.05, 3.63) is 29.3 Å². The number of anilines is 1. The maximum Gasteiger partial charge on any atom is 0.0397 e. The highest BCUT2D eigenvalue weighted by Crippen LogP contribution is 2.30. The molecule has 3 heteroatoms. The Hall–Kier alpha value is -1.06. The quantitative estimate of drug-likeness (QED) is 0.919. The standard InChI is InChI=1S/C20H33N3/c1-15(2)22-9-11-23(12-10-22)20-8-6-18(13-17(20)4)19-7-5-16(3)14-21-19/h6,8,13,15-16,19,21H,5,7,9-12,14H2,1-4H3. The van der Waals surface area contributed by atoms with Crippen LogP contribution in [0, 0.1) is 12.8 Å². The van der Waals surface area contributed by atoms with Gasteiger partial charge in [-0.15, -0.1) is 0 Å². The van der Waals surface area contributed by atoms with Crippen molar-refractivity contribution >= 4 is 5.69 Å². The number of aryl methyl sites for hydroxylation is 1. The molecule has 0 amide bonds. The summed E-state index contributed by atoms with van der Waals surface area (Å²) in [6.07, 6.45) is 2.61. The second kappa shape index (κ2) is 7.23. The highest BCUT2D eigenvalue weighted by Gasteiger charge is 2.22. The molecule has 0 aliphatic carbocycles. The molecule has 2 aliphatic heterocycles. The number of hydrogen-bond acceptors (Lipinski definition) is 3. The van der Waals surface area contributed by atoms with Gasteiger partial charge >= 0.3 is 0 Å². The Bertz CT molecular complexity index is 510. The summed E-state index contributed by atoms with van der Waals surface area (Å²) in [5.41, 5.74) is 4.33. The van der Waals surface area contributed by atoms with Crippen LogP contribution in [0.25, 0.3) is 0 Å². The molecule has 1 N–H and O–H groups in total. The Morgan fingerprint density at radius 1 is 1.09 bits per heavy atom. The van der Waals surface area contributed by atoms with Gasteiger partial charge in [0.1, 0.15) is 0 Å². The summed E-state index contributed by atoms with van der Waals surface area (Å²) in [7, 11) is 0. The summed E-state index contributed by atoms with van der Waals surface area (Å²) < 4.78 is 0. The third kappa shape index (κ3) is 3.89. The second-order valence-electron chi connectivity index (χ2n) is 7.81. The Morgan fingerprint density at radius 2 is 1.83 bits per heavy atom. The zero-order valence-electron chi connectivity index (χ0n) is 15.3. The van der Waals surface area contributed by atoms with E-state index in [1.165, 1.54) is 42.7 Å². The molecule has 0 saturated carbocycles. The van der Waals surface area contributed by atoms with Crippen molar-refractivity contribution in [2.24, 2.45) is 5.92 Å². The third-order valence-electron chi connectivity index (χ3n) is 5.67. The third-order valence-corrected chi connectivity index (χ3v) is 5.67. The molecule has 2 atom stereocenters. The SMILES string of the molecule is Cc1cc(C2CCC(C)CN2)ccc1N1CCN(C(C)C)CC1. The van der Waals surface area contributed by atoms with Crippen molar-refractivity contribution < 1.29 is 0 Å². The molecule has 3 rings (SSSR count). The molecule has 0 aromatic heterocycles. The summed E-state index contributed by atoms with van der Waals surface area (Å²) in [4.78, 5) is 5.14. The van der Waals surface area contributed by atoms with E-state index in [0.29, 0.717) is 12.1 Å². The first kappa shape index (κ1) is 16.8. The predicted octanol–water partition coefficient (Wildman–Crippen LogP) is 3.59. The van der Waals surface area contributed by atoms with Crippen LogP contribution in [-0.4, -0.2) is 43.7 Å². The number of hydrogen-bond donors (Lipinski definition) is 1. The average molecular weight is 316 g/mol. The lowest BCUT2D eigenvalue weighted by Crippen LogP contribution is -2.49. The zero-order chi connectivity index (χ0) is 16.4. The van der Waals surface area contributed by atoms with Crippen LogP contribution in [0.2, 0.25) is 0 Å². The van der Waals surface area contributed by atoms with Crippen molar-refractivity contribution in [2.45, 2.75) is 52.6 Å². The number of rotatable bonds is 3. The summed E-state index contributed by atoms with van der Waals surface area (Å²) in [6, 6.07) is 8.34. The lowest BCUT2D eigenvalue weighted by molar-refractivity contribution is 0.209. The van der Waals surface area contributed by atoms with Crippen molar-refractivity contribution in [3.63, 3.8) is 0 Å². The molecular formula is C20H33N3. The number of nitrogens with one attached hydrogen (secondary N) is 1. The number of nitrogens with zero attached hydrogens (tertiary/aromatic N) is 2. The van der Waals surface area contributed by atoms with Crippen LogP contribution < -0.4 is 10.2 Å². The van der Waals surface area contributed by atoms with Gasteiger partial charge in [0, 0.05) is 44.0 Å². The molecule has 1 aromatic rings. The topological polar surface area (TPSA) is 18.5 Å². The molecule has 2 fully saturated rings. The van der Waals surface area contributed by atoms with Crippen LogP contribution in [0.1, 0.15) is 50.8 Å². The zero-order valence-corrected chi connectivity index (χ0v) is 15.3. The number of piperidine rings is 1. The molecule has 0 spiro atoms. The highest BCUT2D eigenvalue weighted by molar-refractivity contribution is 5.55. The average Bonchev–Trinajstić information content (AvgIpc) is 2.55. The van der Waals surface area contributed by atoms with E-state index in [2.05, 4.69) is 61.0 Å². The van der Waals surface area contributed by atoms with Crippen LogP contribution in [0.15, 0.2) is 18.2 Å². The Labute approximate surface area is 142 Å². The van der Waals surface area contributed by atoms with Crippen molar-refractivity contribution in [1.82, 2.24) is 10.2 Å². The lowest BCUT2D eigenvalue weighted by Gasteiger charge is -2.39. The van der Waals surface area contributed by atoms with E-state index in [9.17, 15) is 0 Å². The summed E-state index contributed by atoms with van der Waals surface area (Å²) in [6.45, 7) is 15.0. The van der Waals surface area contributed by atoms with Gasteiger partial charge in [-0.3, -0.25) is 4.90 Å². The maximum absolute atomic E-state index is 3.71. The second-order valence-corrected chi connectivity index (χ2v) is 7.81. The van der Waals surface area contributed by atoms with E-state index >= 15 is 0 Å². The Morgan fingerprint density at radius 3 is 2.39 bits per heavy atom. The minimum atomic E-state index is 0.553. The maximum atomic E-state index is 3.71. The largest absolute Gasteiger partial charge is 0.369 e. The van der Waals surface area contributed by atoms with Crippen LogP contribution in [0.5, 0.6) is 0 Å². The van der Waals surface area contributed by atoms with Crippen LogP contribution >= 0.6 is 0 Å². The molecule has 23 heavy (non-hydrogen) atoms. The molecule has 2 unspecified atom stereocenters. The first-order valence-corrected chi connectivity index (χ1v) is 9.37. The van der Waals surface area contributed by atoms with E-state index < -0.39 is 0 Å². The minimum absolute atomic E-state index is 0.553. The molecule has 2 aliphatic rings. The Balaban J connectivity index is 1.66. The van der Waals surface area contributed by atoms with E-state index in [0.717, 1.165) is 25.6 Å². The van der Waals surface area contributed by atoms with Gasteiger partial charge in [-0.1, -0.05) is 19.1 Å². The smallest absolute Gasteiger partial charge is 0.0397 e. The lowest BCUT2D eigenvalue weighted by atomic mass is 9.91. The van der Waals surface area contributed by atoms with E-state index in [1.807, 2.05) is 0 Å². The van der Waals surface area contributed by atoms with Gasteiger partial charge in [0.05, 0.1) is 0 Å². The van der Waals surface area contributed by atoms with Gasteiger partial charge < -0.3 is 10.2 Å². The Kier molecular flexibility index (Phi) is 5.27.